The van der Waals surface area contributed by atoms with E-state index in [1.54, 1.807) is 0 Å². The predicted octanol–water partition coefficient (Wildman–Crippen LogP) is 0.357. The Morgan fingerprint density at radius 2 is 2.56 bits per heavy atom. The highest BCUT2D eigenvalue weighted by molar-refractivity contribution is 7.78. The molecule has 0 aliphatic heterocycles. The number of aliphatic imine (C=N–C) groups is 1. The van der Waals surface area contributed by atoms with Crippen LogP contribution in [0.1, 0.15) is 0 Å². The number of carboxylic acid groups (broad SMARTS) is 1. The molecule has 0 aliphatic rings. The topological polar surface area (TPSA) is 61.7 Å². The molecule has 50 valence electrons. The van der Waals surface area contributed by atoms with E-state index in [1.165, 1.54) is 0 Å². The molecule has 0 saturated carbocycles. The smallest absolute Gasteiger partial charge is 0.404 e. The number of rotatable bonds is 3. The van der Waals surface area contributed by atoms with Gasteiger partial charge in [-0.2, -0.15) is 0 Å². The standard InChI is InChI=1S/C4H6N2O2S/c7-4(8)6-2-1-5-3-9/h6H,1-2H2,(H,7,8). The van der Waals surface area contributed by atoms with Gasteiger partial charge in [0.15, 0.2) is 0 Å². The number of amides is 1. The first-order valence-corrected chi connectivity index (χ1v) is 2.68. The first kappa shape index (κ1) is 8.07. The van der Waals surface area contributed by atoms with Crippen LogP contribution in [-0.4, -0.2) is 29.5 Å². The maximum absolute atomic E-state index is 9.76. The zero-order chi connectivity index (χ0) is 7.11. The van der Waals surface area contributed by atoms with Gasteiger partial charge < -0.3 is 10.4 Å². The fourth-order valence-electron chi connectivity index (χ4n) is 0.264. The van der Waals surface area contributed by atoms with Crippen molar-refractivity contribution in [1.82, 2.24) is 5.32 Å². The van der Waals surface area contributed by atoms with Crippen molar-refractivity contribution in [1.29, 1.82) is 0 Å². The molecule has 0 heterocycles. The number of hydrogen-bond donors (Lipinski definition) is 2. The summed E-state index contributed by atoms with van der Waals surface area (Å²) in [6, 6.07) is 0. The Balaban J connectivity index is 3.10. The van der Waals surface area contributed by atoms with Crippen LogP contribution in [0.2, 0.25) is 0 Å². The third kappa shape index (κ3) is 7.07. The number of nitrogens with zero attached hydrogens (tertiary/aromatic N) is 1. The number of nitrogens with one attached hydrogen (secondary N) is 1. The van der Waals surface area contributed by atoms with Crippen molar-refractivity contribution in [2.45, 2.75) is 0 Å². The first-order valence-electron chi connectivity index (χ1n) is 2.28. The first-order chi connectivity index (χ1) is 4.27. The van der Waals surface area contributed by atoms with E-state index in [4.69, 9.17) is 5.11 Å². The lowest BCUT2D eigenvalue weighted by Crippen LogP contribution is -2.23. The molecular formula is C4H6N2O2S. The van der Waals surface area contributed by atoms with Crippen molar-refractivity contribution in [3.63, 3.8) is 0 Å². The predicted molar refractivity (Wildman–Crippen MR) is 35.9 cm³/mol. The summed E-state index contributed by atoms with van der Waals surface area (Å²) in [6.07, 6.45) is -1.05. The van der Waals surface area contributed by atoms with Crippen LogP contribution in [0.4, 0.5) is 4.79 Å². The third-order valence-electron chi connectivity index (χ3n) is 0.564. The van der Waals surface area contributed by atoms with Gasteiger partial charge in [0, 0.05) is 6.54 Å². The van der Waals surface area contributed by atoms with Crippen molar-refractivity contribution in [2.24, 2.45) is 4.99 Å². The summed E-state index contributed by atoms with van der Waals surface area (Å²) in [5.41, 5.74) is 0. The molecule has 0 aromatic rings. The monoisotopic (exact) mass is 146 g/mol. The van der Waals surface area contributed by atoms with Gasteiger partial charge in [0.05, 0.1) is 11.7 Å². The van der Waals surface area contributed by atoms with Gasteiger partial charge in [0.25, 0.3) is 0 Å². The molecule has 0 rings (SSSR count). The molecule has 2 N–H and O–H groups in total. The molecule has 0 spiro atoms. The Kier molecular flexibility index (Phi) is 4.67. The fourth-order valence-corrected chi connectivity index (χ4v) is 0.356. The maximum atomic E-state index is 9.76. The third-order valence-corrected chi connectivity index (χ3v) is 0.693. The van der Waals surface area contributed by atoms with Crippen molar-refractivity contribution in [3.8, 4) is 0 Å². The van der Waals surface area contributed by atoms with Gasteiger partial charge in [-0.1, -0.05) is 0 Å². The molecule has 0 fully saturated rings. The highest BCUT2D eigenvalue weighted by atomic mass is 32.1. The van der Waals surface area contributed by atoms with Crippen molar-refractivity contribution < 1.29 is 9.90 Å². The minimum absolute atomic E-state index is 0.291. The molecule has 0 aromatic carbocycles. The van der Waals surface area contributed by atoms with E-state index in [2.05, 4.69) is 27.7 Å². The Bertz CT molecular complexity index is 140. The molecule has 0 aliphatic carbocycles. The quantitative estimate of drug-likeness (QED) is 0.343. The number of isothiocyanates is 1. The molecule has 5 heteroatoms. The average molecular weight is 146 g/mol. The van der Waals surface area contributed by atoms with E-state index < -0.39 is 6.09 Å². The molecule has 1 amide bonds. The molecule has 0 saturated heterocycles. The van der Waals surface area contributed by atoms with Crippen LogP contribution in [-0.2, 0) is 0 Å². The lowest BCUT2D eigenvalue weighted by Gasteiger charge is -1.92. The molecular weight excluding hydrogens is 140 g/mol. The Labute approximate surface area is 57.6 Å². The van der Waals surface area contributed by atoms with Gasteiger partial charge in [-0.05, 0) is 12.2 Å². The van der Waals surface area contributed by atoms with Gasteiger partial charge >= 0.3 is 6.09 Å². The number of hydrogen-bond acceptors (Lipinski definition) is 3. The van der Waals surface area contributed by atoms with E-state index in [1.807, 2.05) is 0 Å². The van der Waals surface area contributed by atoms with E-state index in [-0.39, 0.29) is 0 Å². The van der Waals surface area contributed by atoms with E-state index in [9.17, 15) is 4.79 Å². The molecule has 0 radical (unpaired) electrons. The van der Waals surface area contributed by atoms with Gasteiger partial charge in [-0.15, -0.1) is 0 Å². The van der Waals surface area contributed by atoms with Crippen LogP contribution in [0.25, 0.3) is 0 Å². The Hall–Kier alpha value is -0.930. The van der Waals surface area contributed by atoms with Crippen LogP contribution in [0.3, 0.4) is 0 Å². The summed E-state index contributed by atoms with van der Waals surface area (Å²) in [6.45, 7) is 0.648. The van der Waals surface area contributed by atoms with Gasteiger partial charge in [-0.25, -0.2) is 9.79 Å². The minimum Gasteiger partial charge on any atom is -0.465 e. The van der Waals surface area contributed by atoms with Crippen LogP contribution < -0.4 is 5.32 Å². The minimum atomic E-state index is -1.05. The lowest BCUT2D eigenvalue weighted by atomic mass is 10.6. The van der Waals surface area contributed by atoms with Crippen LogP contribution in [0.15, 0.2) is 4.99 Å². The summed E-state index contributed by atoms with van der Waals surface area (Å²) in [7, 11) is 0. The molecule has 4 nitrogen and oxygen atoms in total. The summed E-state index contributed by atoms with van der Waals surface area (Å²) in [5, 5.41) is 12.2. The van der Waals surface area contributed by atoms with Crippen molar-refractivity contribution in [2.75, 3.05) is 13.1 Å². The summed E-state index contributed by atoms with van der Waals surface area (Å²) < 4.78 is 0. The lowest BCUT2D eigenvalue weighted by molar-refractivity contribution is 0.195. The summed E-state index contributed by atoms with van der Waals surface area (Å²) in [5.74, 6) is 0. The molecule has 0 unspecified atom stereocenters. The van der Waals surface area contributed by atoms with E-state index >= 15 is 0 Å². The van der Waals surface area contributed by atoms with Crippen molar-refractivity contribution >= 4 is 23.5 Å². The second-order valence-corrected chi connectivity index (χ2v) is 1.39. The van der Waals surface area contributed by atoms with Crippen LogP contribution >= 0.6 is 12.2 Å². The van der Waals surface area contributed by atoms with E-state index in [0.29, 0.717) is 13.1 Å². The highest BCUT2D eigenvalue weighted by Gasteiger charge is 1.88. The van der Waals surface area contributed by atoms with Crippen LogP contribution in [0, 0.1) is 0 Å². The van der Waals surface area contributed by atoms with Gasteiger partial charge in [0.2, 0.25) is 0 Å². The highest BCUT2D eigenvalue weighted by Crippen LogP contribution is 1.64. The largest absolute Gasteiger partial charge is 0.465 e. The Morgan fingerprint density at radius 1 is 1.89 bits per heavy atom. The molecule has 0 bridgehead atoms. The second-order valence-electron chi connectivity index (χ2n) is 1.20. The Morgan fingerprint density at radius 3 is 3.00 bits per heavy atom. The zero-order valence-electron chi connectivity index (χ0n) is 4.63. The van der Waals surface area contributed by atoms with Crippen LogP contribution in [0.5, 0.6) is 0 Å². The summed E-state index contributed by atoms with van der Waals surface area (Å²) in [4.78, 5) is 13.2. The molecule has 0 atom stereocenters. The fraction of sp³-hybridized carbons (Fsp3) is 0.500. The SMILES string of the molecule is O=C(O)NCCN=C=S. The molecule has 9 heavy (non-hydrogen) atoms. The maximum Gasteiger partial charge on any atom is 0.404 e. The van der Waals surface area contributed by atoms with Crippen molar-refractivity contribution in [3.05, 3.63) is 0 Å². The number of carbonyl (C=O) groups is 1. The number of thiocarbonyl (C=S) groups is 1. The summed E-state index contributed by atoms with van der Waals surface area (Å²) >= 11 is 4.24. The van der Waals surface area contributed by atoms with E-state index in [0.717, 1.165) is 0 Å². The average Bonchev–Trinajstić information content (AvgIpc) is 1.80. The molecule has 0 aromatic heterocycles. The zero-order valence-corrected chi connectivity index (χ0v) is 5.44. The second kappa shape index (κ2) is 5.21. The van der Waals surface area contributed by atoms with Gasteiger partial charge in [0.1, 0.15) is 0 Å². The van der Waals surface area contributed by atoms with Gasteiger partial charge in [-0.3, -0.25) is 0 Å². The normalized spacial score (nSPS) is 7.56.